The highest BCUT2D eigenvalue weighted by Gasteiger charge is 2.47. The zero-order valence-corrected chi connectivity index (χ0v) is 19.4. The molecule has 2 aliphatic rings. The Hall–Kier alpha value is -3.07. The summed E-state index contributed by atoms with van der Waals surface area (Å²) in [5.41, 5.74) is 7.87. The van der Waals surface area contributed by atoms with Crippen LogP contribution < -0.4 is 10.5 Å². The first kappa shape index (κ1) is 24.1. The number of primary amides is 1. The van der Waals surface area contributed by atoms with Crippen molar-refractivity contribution in [2.45, 2.75) is 51.5 Å². The SMILES string of the molecule is Cc1c(OCC(N)=O)ccc(C(C)N2CC3CC2CN3C(=O)c2ccc(C(F)(F)F)cc2)c1C. The third kappa shape index (κ3) is 4.49. The normalized spacial score (nSPS) is 21.1. The number of nitrogens with zero attached hydrogens (tertiary/aromatic N) is 2. The lowest BCUT2D eigenvalue weighted by molar-refractivity contribution is -0.137. The summed E-state index contributed by atoms with van der Waals surface area (Å²) in [5.74, 6) is -0.127. The van der Waals surface area contributed by atoms with Gasteiger partial charge in [0, 0.05) is 36.8 Å². The molecule has 2 bridgehead atoms. The van der Waals surface area contributed by atoms with Crippen molar-refractivity contribution in [1.82, 2.24) is 9.80 Å². The van der Waals surface area contributed by atoms with Gasteiger partial charge in [-0.25, -0.2) is 0 Å². The number of benzene rings is 2. The molecule has 0 spiro atoms. The number of nitrogens with two attached hydrogens (primary N) is 1. The van der Waals surface area contributed by atoms with Crippen molar-refractivity contribution in [3.05, 3.63) is 64.2 Å². The molecular formula is C25H28F3N3O3. The topological polar surface area (TPSA) is 75.9 Å². The van der Waals surface area contributed by atoms with Crippen LogP contribution in [-0.2, 0) is 11.0 Å². The highest BCUT2D eigenvalue weighted by Crippen LogP contribution is 2.39. The molecule has 0 aliphatic carbocycles. The molecule has 182 valence electrons. The van der Waals surface area contributed by atoms with Gasteiger partial charge in [-0.2, -0.15) is 13.2 Å². The number of fused-ring (bicyclic) bond motifs is 2. The predicted molar refractivity (Wildman–Crippen MR) is 120 cm³/mol. The Morgan fingerprint density at radius 2 is 1.74 bits per heavy atom. The maximum atomic E-state index is 13.0. The molecule has 9 heteroatoms. The number of hydrogen-bond acceptors (Lipinski definition) is 4. The smallest absolute Gasteiger partial charge is 0.416 e. The first-order chi connectivity index (χ1) is 16.0. The van der Waals surface area contributed by atoms with Gasteiger partial charge in [-0.1, -0.05) is 6.07 Å². The standard InChI is InChI=1S/C25H28F3N3O3/c1-14-15(2)22(34-13-23(29)32)9-8-21(14)16(3)30-11-20-10-19(30)12-31(20)24(33)17-4-6-18(7-5-17)25(26,27)28/h4-9,16,19-20H,10-13H2,1-3H3,(H2,29,32). The fraction of sp³-hybridized carbons (Fsp3) is 0.440. The van der Waals surface area contributed by atoms with Gasteiger partial charge in [-0.3, -0.25) is 14.5 Å². The Balaban J connectivity index is 1.44. The van der Waals surface area contributed by atoms with E-state index in [2.05, 4.69) is 11.8 Å². The Labute approximate surface area is 196 Å². The van der Waals surface area contributed by atoms with Gasteiger partial charge in [-0.05, 0) is 74.2 Å². The Morgan fingerprint density at radius 3 is 2.29 bits per heavy atom. The van der Waals surface area contributed by atoms with E-state index < -0.39 is 17.6 Å². The second kappa shape index (κ2) is 8.94. The summed E-state index contributed by atoms with van der Waals surface area (Å²) in [6, 6.07) is 8.60. The average molecular weight is 476 g/mol. The summed E-state index contributed by atoms with van der Waals surface area (Å²) in [4.78, 5) is 28.2. The van der Waals surface area contributed by atoms with Gasteiger partial charge in [0.05, 0.1) is 5.56 Å². The Bertz CT molecular complexity index is 1100. The van der Waals surface area contributed by atoms with Crippen molar-refractivity contribution in [1.29, 1.82) is 0 Å². The number of carbonyl (C=O) groups excluding carboxylic acids is 2. The number of piperazine rings is 1. The van der Waals surface area contributed by atoms with Crippen LogP contribution in [0.1, 0.15) is 52.0 Å². The van der Waals surface area contributed by atoms with Crippen LogP contribution in [-0.4, -0.2) is 53.4 Å². The molecule has 2 saturated heterocycles. The second-order valence-corrected chi connectivity index (χ2v) is 9.11. The number of hydrogen-bond donors (Lipinski definition) is 1. The average Bonchev–Trinajstić information content (AvgIpc) is 3.40. The van der Waals surface area contributed by atoms with Gasteiger partial charge in [0.25, 0.3) is 11.8 Å². The van der Waals surface area contributed by atoms with Crippen LogP contribution in [0.5, 0.6) is 5.75 Å². The van der Waals surface area contributed by atoms with E-state index >= 15 is 0 Å². The van der Waals surface area contributed by atoms with Gasteiger partial charge in [-0.15, -0.1) is 0 Å². The lowest BCUT2D eigenvalue weighted by atomic mass is 9.96. The summed E-state index contributed by atoms with van der Waals surface area (Å²) in [6.45, 7) is 7.18. The number of halogens is 3. The van der Waals surface area contributed by atoms with E-state index in [4.69, 9.17) is 10.5 Å². The molecule has 2 aliphatic heterocycles. The number of likely N-dealkylation sites (tertiary alicyclic amines) is 2. The van der Waals surface area contributed by atoms with Crippen LogP contribution in [0.15, 0.2) is 36.4 Å². The number of amides is 2. The van der Waals surface area contributed by atoms with Crippen molar-refractivity contribution < 1.29 is 27.5 Å². The third-order valence-electron chi connectivity index (χ3n) is 7.10. The molecule has 2 heterocycles. The van der Waals surface area contributed by atoms with Gasteiger partial charge < -0.3 is 15.4 Å². The third-order valence-corrected chi connectivity index (χ3v) is 7.10. The van der Waals surface area contributed by atoms with E-state index in [9.17, 15) is 22.8 Å². The van der Waals surface area contributed by atoms with Crippen LogP contribution in [0.4, 0.5) is 13.2 Å². The van der Waals surface area contributed by atoms with Crippen LogP contribution >= 0.6 is 0 Å². The first-order valence-corrected chi connectivity index (χ1v) is 11.2. The molecule has 4 rings (SSSR count). The molecule has 3 atom stereocenters. The molecule has 6 nitrogen and oxygen atoms in total. The second-order valence-electron chi connectivity index (χ2n) is 9.11. The minimum Gasteiger partial charge on any atom is -0.484 e. The molecule has 2 amide bonds. The summed E-state index contributed by atoms with van der Waals surface area (Å²) in [6.07, 6.45) is -3.58. The van der Waals surface area contributed by atoms with Crippen LogP contribution in [0.25, 0.3) is 0 Å². The van der Waals surface area contributed by atoms with Crippen LogP contribution in [0.3, 0.4) is 0 Å². The molecule has 2 N–H and O–H groups in total. The summed E-state index contributed by atoms with van der Waals surface area (Å²) < 4.78 is 44.0. The van der Waals surface area contributed by atoms with E-state index in [1.165, 1.54) is 12.1 Å². The predicted octanol–water partition coefficient (Wildman–Crippen LogP) is 3.85. The number of ether oxygens (including phenoxy) is 1. The fourth-order valence-electron chi connectivity index (χ4n) is 5.14. The summed E-state index contributed by atoms with van der Waals surface area (Å²) >= 11 is 0. The molecule has 2 aromatic rings. The zero-order valence-electron chi connectivity index (χ0n) is 19.4. The fourth-order valence-corrected chi connectivity index (χ4v) is 5.14. The first-order valence-electron chi connectivity index (χ1n) is 11.2. The Kier molecular flexibility index (Phi) is 6.33. The molecule has 0 aromatic heterocycles. The van der Waals surface area contributed by atoms with Crippen molar-refractivity contribution >= 4 is 11.8 Å². The van der Waals surface area contributed by atoms with Crippen molar-refractivity contribution in [3.8, 4) is 5.75 Å². The largest absolute Gasteiger partial charge is 0.484 e. The van der Waals surface area contributed by atoms with Crippen molar-refractivity contribution in [3.63, 3.8) is 0 Å². The minimum atomic E-state index is -4.42. The number of alkyl halides is 3. The highest BCUT2D eigenvalue weighted by molar-refractivity contribution is 5.94. The van der Waals surface area contributed by atoms with E-state index in [0.717, 1.165) is 35.2 Å². The molecule has 34 heavy (non-hydrogen) atoms. The maximum absolute atomic E-state index is 13.0. The minimum absolute atomic E-state index is 0.0295. The number of carbonyl (C=O) groups is 2. The monoisotopic (exact) mass is 475 g/mol. The van der Waals surface area contributed by atoms with E-state index in [1.807, 2.05) is 26.0 Å². The van der Waals surface area contributed by atoms with E-state index in [-0.39, 0.29) is 36.2 Å². The quantitative estimate of drug-likeness (QED) is 0.689. The molecule has 0 saturated carbocycles. The molecular weight excluding hydrogens is 447 g/mol. The lowest BCUT2D eigenvalue weighted by Crippen LogP contribution is -2.49. The number of rotatable bonds is 6. The molecule has 0 radical (unpaired) electrons. The summed E-state index contributed by atoms with van der Waals surface area (Å²) in [7, 11) is 0. The molecule has 2 aromatic carbocycles. The van der Waals surface area contributed by atoms with Gasteiger partial charge in [0.2, 0.25) is 0 Å². The Morgan fingerprint density at radius 1 is 1.06 bits per heavy atom. The lowest BCUT2D eigenvalue weighted by Gasteiger charge is -2.38. The summed E-state index contributed by atoms with van der Waals surface area (Å²) in [5, 5.41) is 0. The van der Waals surface area contributed by atoms with Gasteiger partial charge >= 0.3 is 6.18 Å². The van der Waals surface area contributed by atoms with Gasteiger partial charge in [0.1, 0.15) is 5.75 Å². The molecule has 2 fully saturated rings. The van der Waals surface area contributed by atoms with Crippen LogP contribution in [0, 0.1) is 13.8 Å². The highest BCUT2D eigenvalue weighted by atomic mass is 19.4. The van der Waals surface area contributed by atoms with Crippen molar-refractivity contribution in [2.75, 3.05) is 19.7 Å². The zero-order chi connectivity index (χ0) is 24.8. The maximum Gasteiger partial charge on any atom is 0.416 e. The van der Waals surface area contributed by atoms with Gasteiger partial charge in [0.15, 0.2) is 6.61 Å². The van der Waals surface area contributed by atoms with Crippen molar-refractivity contribution in [2.24, 2.45) is 5.73 Å². The van der Waals surface area contributed by atoms with E-state index in [1.54, 1.807) is 4.90 Å². The van der Waals surface area contributed by atoms with Crippen LogP contribution in [0.2, 0.25) is 0 Å². The van der Waals surface area contributed by atoms with E-state index in [0.29, 0.717) is 18.8 Å². The molecule has 3 unspecified atom stereocenters.